The Hall–Kier alpha value is -2.24. The molecule has 0 aliphatic carbocycles. The maximum atomic E-state index is 13.0. The van der Waals surface area contributed by atoms with Crippen molar-refractivity contribution in [3.63, 3.8) is 0 Å². The molecule has 1 N–H and O–H groups in total. The number of aromatic hydroxyl groups is 1. The molecular weight excluding hydrogens is 364 g/mol. The first kappa shape index (κ1) is 18.1. The smallest absolute Gasteiger partial charge is 0.227 e. The maximum absolute atomic E-state index is 13.0. The van der Waals surface area contributed by atoms with Crippen LogP contribution in [0.5, 0.6) is 11.5 Å². The van der Waals surface area contributed by atoms with Crippen LogP contribution in [-0.2, 0) is 11.3 Å². The van der Waals surface area contributed by atoms with Gasteiger partial charge < -0.3 is 19.6 Å². The molecule has 1 amide bonds. The van der Waals surface area contributed by atoms with E-state index in [4.69, 9.17) is 16.3 Å². The number of hydrogen-bond donors (Lipinski definition) is 1. The molecule has 2 aliphatic heterocycles. The van der Waals surface area contributed by atoms with E-state index in [-0.39, 0.29) is 17.6 Å². The van der Waals surface area contributed by atoms with Gasteiger partial charge >= 0.3 is 0 Å². The van der Waals surface area contributed by atoms with Crippen molar-refractivity contribution in [1.82, 2.24) is 9.80 Å². The average Bonchev–Trinajstić information content (AvgIpc) is 2.96. The molecule has 4 rings (SSSR count). The van der Waals surface area contributed by atoms with Crippen molar-refractivity contribution < 1.29 is 14.6 Å². The Kier molecular flexibility index (Phi) is 4.98. The van der Waals surface area contributed by atoms with E-state index in [1.54, 1.807) is 6.07 Å². The highest BCUT2D eigenvalue weighted by Crippen LogP contribution is 2.38. The molecule has 1 saturated heterocycles. The molecule has 1 atom stereocenters. The fourth-order valence-electron chi connectivity index (χ4n) is 3.92. The number of phenolic OH excluding ortho intramolecular Hbond substituents is 1. The number of fused-ring (bicyclic) bond motifs is 1. The van der Waals surface area contributed by atoms with E-state index < -0.39 is 0 Å². The van der Waals surface area contributed by atoms with Crippen LogP contribution in [-0.4, -0.2) is 54.1 Å². The number of benzene rings is 2. The van der Waals surface area contributed by atoms with Crippen LogP contribution in [0.25, 0.3) is 11.1 Å². The van der Waals surface area contributed by atoms with Gasteiger partial charge in [-0.15, -0.1) is 0 Å². The summed E-state index contributed by atoms with van der Waals surface area (Å²) in [6.45, 7) is 3.11. The van der Waals surface area contributed by atoms with Gasteiger partial charge in [0.15, 0.2) is 11.5 Å². The van der Waals surface area contributed by atoms with Gasteiger partial charge in [-0.1, -0.05) is 23.7 Å². The van der Waals surface area contributed by atoms with Crippen LogP contribution in [0.2, 0.25) is 5.02 Å². The van der Waals surface area contributed by atoms with Gasteiger partial charge in [0.2, 0.25) is 5.91 Å². The summed E-state index contributed by atoms with van der Waals surface area (Å²) in [6.07, 6.45) is 0.896. The molecule has 2 aliphatic rings. The summed E-state index contributed by atoms with van der Waals surface area (Å²) in [5.41, 5.74) is 2.59. The first-order chi connectivity index (χ1) is 13.0. The third-order valence-electron chi connectivity index (χ3n) is 5.33. The first-order valence-corrected chi connectivity index (χ1v) is 9.61. The maximum Gasteiger partial charge on any atom is 0.227 e. The van der Waals surface area contributed by atoms with E-state index >= 15 is 0 Å². The molecule has 2 heterocycles. The molecule has 27 heavy (non-hydrogen) atoms. The molecule has 0 bridgehead atoms. The lowest BCUT2D eigenvalue weighted by Crippen LogP contribution is -2.38. The average molecular weight is 387 g/mol. The van der Waals surface area contributed by atoms with Crippen molar-refractivity contribution in [2.75, 3.05) is 33.3 Å². The Balaban J connectivity index is 1.64. The van der Waals surface area contributed by atoms with Crippen molar-refractivity contribution in [2.24, 2.45) is 5.92 Å². The number of phenols is 1. The minimum atomic E-state index is 0.0428. The molecular formula is C21H23ClN2O3. The second kappa shape index (κ2) is 7.41. The number of likely N-dealkylation sites (tertiary alicyclic amines) is 1. The summed E-state index contributed by atoms with van der Waals surface area (Å²) in [5.74, 6) is 0.779. The molecule has 0 radical (unpaired) electrons. The second-order valence-electron chi connectivity index (χ2n) is 7.35. The van der Waals surface area contributed by atoms with Gasteiger partial charge in [-0.25, -0.2) is 0 Å². The summed E-state index contributed by atoms with van der Waals surface area (Å²) in [6, 6.07) is 11.2. The number of ether oxygens (including phenoxy) is 1. The van der Waals surface area contributed by atoms with Crippen molar-refractivity contribution in [3.05, 3.63) is 47.0 Å². The van der Waals surface area contributed by atoms with Crippen molar-refractivity contribution in [3.8, 4) is 22.6 Å². The van der Waals surface area contributed by atoms with Crippen LogP contribution in [0.1, 0.15) is 12.0 Å². The van der Waals surface area contributed by atoms with Crippen LogP contribution in [0, 0.1) is 5.92 Å². The van der Waals surface area contributed by atoms with E-state index in [0.29, 0.717) is 30.5 Å². The quantitative estimate of drug-likeness (QED) is 0.859. The molecule has 5 nitrogen and oxygen atoms in total. The Labute approximate surface area is 164 Å². The summed E-state index contributed by atoms with van der Waals surface area (Å²) >= 11 is 6.11. The Bertz CT molecular complexity index is 871. The number of carbonyl (C=O) groups is 1. The van der Waals surface area contributed by atoms with Crippen LogP contribution in [0.15, 0.2) is 36.4 Å². The minimum absolute atomic E-state index is 0.0428. The lowest BCUT2D eigenvalue weighted by atomic mass is 10.0. The molecule has 2 aromatic carbocycles. The lowest BCUT2D eigenvalue weighted by Gasteiger charge is -2.23. The lowest BCUT2D eigenvalue weighted by molar-refractivity contribution is -0.135. The van der Waals surface area contributed by atoms with Gasteiger partial charge in [-0.2, -0.15) is 0 Å². The van der Waals surface area contributed by atoms with Crippen molar-refractivity contribution in [2.45, 2.75) is 13.0 Å². The minimum Gasteiger partial charge on any atom is -0.504 e. The summed E-state index contributed by atoms with van der Waals surface area (Å²) < 4.78 is 5.78. The highest BCUT2D eigenvalue weighted by atomic mass is 35.5. The largest absolute Gasteiger partial charge is 0.504 e. The first-order valence-electron chi connectivity index (χ1n) is 9.23. The van der Waals surface area contributed by atoms with Crippen LogP contribution < -0.4 is 4.74 Å². The number of hydrogen-bond acceptors (Lipinski definition) is 4. The molecule has 1 fully saturated rings. The molecule has 142 valence electrons. The normalized spacial score (nSPS) is 20.1. The van der Waals surface area contributed by atoms with Gasteiger partial charge in [-0.05, 0) is 55.4 Å². The Morgan fingerprint density at radius 2 is 2.07 bits per heavy atom. The fraction of sp³-hybridized carbons (Fsp3) is 0.381. The summed E-state index contributed by atoms with van der Waals surface area (Å²) in [7, 11) is 2.05. The van der Waals surface area contributed by atoms with Gasteiger partial charge in [-0.3, -0.25) is 4.79 Å². The zero-order valence-corrected chi connectivity index (χ0v) is 16.1. The van der Waals surface area contributed by atoms with Gasteiger partial charge in [0.1, 0.15) is 6.61 Å². The number of carbonyl (C=O) groups excluding carboxylic acids is 1. The van der Waals surface area contributed by atoms with Crippen molar-refractivity contribution in [1.29, 1.82) is 0 Å². The van der Waals surface area contributed by atoms with Gasteiger partial charge in [0, 0.05) is 23.7 Å². The SMILES string of the molecule is CN1CC[C@@H](C(=O)N2CCOc3c(O)cc(-c4cccc(Cl)c4)cc3C2)C1. The molecule has 0 spiro atoms. The second-order valence-corrected chi connectivity index (χ2v) is 7.79. The molecule has 0 unspecified atom stereocenters. The van der Waals surface area contributed by atoms with Crippen molar-refractivity contribution >= 4 is 17.5 Å². The van der Waals surface area contributed by atoms with E-state index in [1.165, 1.54) is 0 Å². The topological polar surface area (TPSA) is 53.0 Å². The molecule has 2 aromatic rings. The highest BCUT2D eigenvalue weighted by molar-refractivity contribution is 6.30. The van der Waals surface area contributed by atoms with E-state index in [1.807, 2.05) is 42.3 Å². The van der Waals surface area contributed by atoms with E-state index in [2.05, 4.69) is 4.90 Å². The highest BCUT2D eigenvalue weighted by Gasteiger charge is 2.31. The number of rotatable bonds is 2. The van der Waals surface area contributed by atoms with E-state index in [0.717, 1.165) is 36.2 Å². The van der Waals surface area contributed by atoms with Crippen LogP contribution in [0.3, 0.4) is 0 Å². The predicted molar refractivity (Wildman–Crippen MR) is 105 cm³/mol. The number of nitrogens with zero attached hydrogens (tertiary/aromatic N) is 2. The van der Waals surface area contributed by atoms with Crippen LogP contribution in [0.4, 0.5) is 0 Å². The monoisotopic (exact) mass is 386 g/mol. The fourth-order valence-corrected chi connectivity index (χ4v) is 4.11. The Morgan fingerprint density at radius 1 is 1.22 bits per heavy atom. The zero-order chi connectivity index (χ0) is 19.0. The number of halogens is 1. The zero-order valence-electron chi connectivity index (χ0n) is 15.3. The molecule has 0 aromatic heterocycles. The molecule has 0 saturated carbocycles. The predicted octanol–water partition coefficient (Wildman–Crippen LogP) is 3.39. The van der Waals surface area contributed by atoms with Gasteiger partial charge in [0.05, 0.1) is 12.5 Å². The third kappa shape index (κ3) is 3.75. The summed E-state index contributed by atoms with van der Waals surface area (Å²) in [4.78, 5) is 17.0. The standard InChI is InChI=1S/C21H23ClN2O3/c1-23-6-5-15(12-23)21(26)24-7-8-27-20-17(13-24)9-16(11-19(20)25)14-3-2-4-18(22)10-14/h2-4,9-11,15,25H,5-8,12-13H2,1H3/t15-/m1/s1. The van der Waals surface area contributed by atoms with Crippen LogP contribution >= 0.6 is 11.6 Å². The van der Waals surface area contributed by atoms with E-state index in [9.17, 15) is 9.90 Å². The van der Waals surface area contributed by atoms with Gasteiger partial charge in [0.25, 0.3) is 0 Å². The number of amides is 1. The Morgan fingerprint density at radius 3 is 2.81 bits per heavy atom. The third-order valence-corrected chi connectivity index (χ3v) is 5.56. The summed E-state index contributed by atoms with van der Waals surface area (Å²) in [5, 5.41) is 11.1. The molecule has 6 heteroatoms.